The molecule has 1 fully saturated rings. The lowest BCUT2D eigenvalue weighted by Crippen LogP contribution is -2.15. The van der Waals surface area contributed by atoms with Gasteiger partial charge in [-0.25, -0.2) is 4.98 Å². The molecule has 0 atom stereocenters. The van der Waals surface area contributed by atoms with Gasteiger partial charge in [0.2, 0.25) is 5.13 Å². The number of hydrogen-bond donors (Lipinski definition) is 2. The lowest BCUT2D eigenvalue weighted by molar-refractivity contribution is 0.949. The maximum Gasteiger partial charge on any atom is 0.229 e. The topological polar surface area (TPSA) is 89.6 Å². The van der Waals surface area contributed by atoms with Gasteiger partial charge < -0.3 is 15.8 Å². The van der Waals surface area contributed by atoms with Gasteiger partial charge in [-0.05, 0) is 79.9 Å². The fourth-order valence-corrected chi connectivity index (χ4v) is 4.89. The van der Waals surface area contributed by atoms with Gasteiger partial charge in [-0.1, -0.05) is 11.3 Å². The Labute approximate surface area is 206 Å². The Morgan fingerprint density at radius 3 is 2.41 bits per heavy atom. The van der Waals surface area contributed by atoms with E-state index in [2.05, 4.69) is 47.3 Å². The lowest BCUT2D eigenvalue weighted by Gasteiger charge is -2.13. The molecule has 0 bridgehead atoms. The first-order valence-corrected chi connectivity index (χ1v) is 12.7. The third-order valence-corrected chi connectivity index (χ3v) is 7.03. The van der Waals surface area contributed by atoms with Gasteiger partial charge >= 0.3 is 0 Å². The van der Waals surface area contributed by atoms with Crippen molar-refractivity contribution >= 4 is 60.6 Å². The number of thiophene rings is 1. The summed E-state index contributed by atoms with van der Waals surface area (Å²) in [7, 11) is 0. The highest BCUT2D eigenvalue weighted by atomic mass is 32.1. The average molecular weight is 489 g/mol. The molecule has 0 saturated carbocycles. The number of nitrogens with zero attached hydrogens (tertiary/aromatic N) is 6. The number of rotatable bonds is 8. The molecule has 4 aromatic rings. The van der Waals surface area contributed by atoms with E-state index < -0.39 is 0 Å². The first kappa shape index (κ1) is 22.2. The summed E-state index contributed by atoms with van der Waals surface area (Å²) in [6.07, 6.45) is 4.26. The molecule has 10 heteroatoms. The van der Waals surface area contributed by atoms with E-state index in [9.17, 15) is 0 Å². The van der Waals surface area contributed by atoms with Crippen molar-refractivity contribution in [1.82, 2.24) is 4.98 Å². The van der Waals surface area contributed by atoms with Gasteiger partial charge in [0.05, 0.1) is 27.8 Å². The minimum Gasteiger partial charge on any atom is -0.363 e. The zero-order valence-electron chi connectivity index (χ0n) is 18.7. The van der Waals surface area contributed by atoms with Crippen molar-refractivity contribution in [2.24, 2.45) is 20.5 Å². The van der Waals surface area contributed by atoms with Gasteiger partial charge in [-0.15, -0.1) is 31.8 Å². The standard InChI is InChI=1S/C24H24N8S2/c1-17-16-20(28-30-22-10-11-23(34-22)32-13-2-3-14-32)8-9-21(17)29-26-18-4-6-19(7-5-18)27-31-24-25-12-15-33-24/h4-12,15-16,26,29H,2-3,13-14H2,1H3/b30-28+,31-27+. The summed E-state index contributed by atoms with van der Waals surface area (Å²) < 4.78 is 0. The van der Waals surface area contributed by atoms with Crippen LogP contribution in [0, 0.1) is 6.92 Å². The number of azo groups is 2. The van der Waals surface area contributed by atoms with Crippen molar-refractivity contribution in [1.29, 1.82) is 0 Å². The minimum atomic E-state index is 0.643. The number of aromatic nitrogens is 1. The number of thiazole rings is 1. The summed E-state index contributed by atoms with van der Waals surface area (Å²) in [5.41, 5.74) is 11.0. The molecule has 0 spiro atoms. The molecule has 0 amide bonds. The van der Waals surface area contributed by atoms with Crippen molar-refractivity contribution in [3.05, 3.63) is 71.7 Å². The highest BCUT2D eigenvalue weighted by Gasteiger charge is 2.14. The average Bonchev–Trinajstić information content (AvgIpc) is 3.64. The molecule has 0 unspecified atom stereocenters. The van der Waals surface area contributed by atoms with Crippen LogP contribution in [-0.2, 0) is 0 Å². The Morgan fingerprint density at radius 2 is 1.65 bits per heavy atom. The minimum absolute atomic E-state index is 0.643. The molecule has 1 aliphatic heterocycles. The van der Waals surface area contributed by atoms with Crippen molar-refractivity contribution < 1.29 is 0 Å². The summed E-state index contributed by atoms with van der Waals surface area (Å²) in [4.78, 5) is 6.51. The third kappa shape index (κ3) is 5.64. The highest BCUT2D eigenvalue weighted by Crippen LogP contribution is 2.35. The van der Waals surface area contributed by atoms with Crippen LogP contribution in [0.5, 0.6) is 0 Å². The number of benzene rings is 2. The van der Waals surface area contributed by atoms with Crippen LogP contribution in [0.15, 0.2) is 86.6 Å². The second-order valence-electron chi connectivity index (χ2n) is 7.82. The maximum atomic E-state index is 4.43. The molecule has 172 valence electrons. The van der Waals surface area contributed by atoms with Crippen LogP contribution in [0.25, 0.3) is 0 Å². The predicted octanol–water partition coefficient (Wildman–Crippen LogP) is 8.38. The van der Waals surface area contributed by atoms with Crippen LogP contribution >= 0.6 is 22.7 Å². The number of hydrogen-bond acceptors (Lipinski definition) is 10. The van der Waals surface area contributed by atoms with Gasteiger partial charge in [-0.2, -0.15) is 0 Å². The van der Waals surface area contributed by atoms with E-state index in [1.54, 1.807) is 17.5 Å². The highest BCUT2D eigenvalue weighted by molar-refractivity contribution is 7.19. The Bertz CT molecular complexity index is 1270. The molecular weight excluding hydrogens is 464 g/mol. The Hall–Kier alpha value is -3.63. The molecule has 2 aromatic heterocycles. The van der Waals surface area contributed by atoms with E-state index in [0.29, 0.717) is 5.13 Å². The van der Waals surface area contributed by atoms with E-state index >= 15 is 0 Å². The largest absolute Gasteiger partial charge is 0.363 e. The molecule has 0 radical (unpaired) electrons. The van der Waals surface area contributed by atoms with Gasteiger partial charge in [0.15, 0.2) is 0 Å². The summed E-state index contributed by atoms with van der Waals surface area (Å²) in [6, 6.07) is 17.8. The van der Waals surface area contributed by atoms with E-state index in [1.807, 2.05) is 60.8 Å². The van der Waals surface area contributed by atoms with E-state index in [-0.39, 0.29) is 0 Å². The van der Waals surface area contributed by atoms with E-state index in [4.69, 9.17) is 0 Å². The van der Waals surface area contributed by atoms with Gasteiger partial charge in [-0.3, -0.25) is 0 Å². The Kier molecular flexibility index (Phi) is 6.87. The normalized spacial score (nSPS) is 13.9. The number of hydrazine groups is 1. The summed E-state index contributed by atoms with van der Waals surface area (Å²) in [5.74, 6) is 0. The fourth-order valence-electron chi connectivity index (χ4n) is 3.55. The van der Waals surface area contributed by atoms with Gasteiger partial charge in [0.25, 0.3) is 0 Å². The van der Waals surface area contributed by atoms with Crippen LogP contribution in [0.2, 0.25) is 0 Å². The SMILES string of the molecule is Cc1cc(/N=N/c2ccc(N3CCCC3)s2)ccc1NNc1ccc(/N=N/c2nccs2)cc1. The second kappa shape index (κ2) is 10.5. The maximum absolute atomic E-state index is 4.43. The zero-order valence-corrected chi connectivity index (χ0v) is 20.3. The summed E-state index contributed by atoms with van der Waals surface area (Å²) in [5, 5.41) is 21.9. The molecule has 34 heavy (non-hydrogen) atoms. The molecule has 3 heterocycles. The van der Waals surface area contributed by atoms with Crippen molar-refractivity contribution in [2.45, 2.75) is 19.8 Å². The summed E-state index contributed by atoms with van der Waals surface area (Å²) >= 11 is 3.15. The Morgan fingerprint density at radius 1 is 0.853 bits per heavy atom. The van der Waals surface area contributed by atoms with E-state index in [0.717, 1.165) is 46.4 Å². The number of nitrogens with one attached hydrogen (secondary N) is 2. The zero-order chi connectivity index (χ0) is 23.2. The fraction of sp³-hybridized carbons (Fsp3) is 0.208. The van der Waals surface area contributed by atoms with Crippen LogP contribution in [0.1, 0.15) is 18.4 Å². The quantitative estimate of drug-likeness (QED) is 0.192. The number of aryl methyl sites for hydroxylation is 1. The molecule has 8 nitrogen and oxygen atoms in total. The molecule has 0 aliphatic carbocycles. The molecule has 1 aliphatic rings. The van der Waals surface area contributed by atoms with Crippen molar-refractivity contribution in [3.63, 3.8) is 0 Å². The first-order chi connectivity index (χ1) is 16.7. The van der Waals surface area contributed by atoms with Gasteiger partial charge in [0, 0.05) is 24.7 Å². The Balaban J connectivity index is 1.16. The number of anilines is 3. The lowest BCUT2D eigenvalue weighted by atomic mass is 10.2. The first-order valence-electron chi connectivity index (χ1n) is 11.0. The van der Waals surface area contributed by atoms with Gasteiger partial charge in [0.1, 0.15) is 5.00 Å². The molecule has 2 N–H and O–H groups in total. The third-order valence-electron chi connectivity index (χ3n) is 5.35. The molecule has 2 aromatic carbocycles. The molecule has 1 saturated heterocycles. The van der Waals surface area contributed by atoms with Crippen LogP contribution in [0.4, 0.5) is 37.9 Å². The second-order valence-corrected chi connectivity index (χ2v) is 9.73. The smallest absolute Gasteiger partial charge is 0.229 e. The van der Waals surface area contributed by atoms with Crippen molar-refractivity contribution in [2.75, 3.05) is 28.8 Å². The van der Waals surface area contributed by atoms with E-state index in [1.165, 1.54) is 29.2 Å². The molecular formula is C24H24N8S2. The van der Waals surface area contributed by atoms with Crippen LogP contribution < -0.4 is 15.8 Å². The monoisotopic (exact) mass is 488 g/mol. The van der Waals surface area contributed by atoms with Crippen molar-refractivity contribution in [3.8, 4) is 0 Å². The van der Waals surface area contributed by atoms with Crippen LogP contribution in [0.3, 0.4) is 0 Å². The summed E-state index contributed by atoms with van der Waals surface area (Å²) in [6.45, 7) is 4.32. The van der Waals surface area contributed by atoms with Crippen LogP contribution in [-0.4, -0.2) is 18.1 Å². The predicted molar refractivity (Wildman–Crippen MR) is 141 cm³/mol. The molecule has 5 rings (SSSR count).